The summed E-state index contributed by atoms with van der Waals surface area (Å²) in [6, 6.07) is 8.96. The van der Waals surface area contributed by atoms with Gasteiger partial charge in [0.05, 0.1) is 11.3 Å². The molecular weight excluding hydrogens is 356 g/mol. The molecule has 0 radical (unpaired) electrons. The zero-order chi connectivity index (χ0) is 19.0. The molecule has 0 saturated carbocycles. The van der Waals surface area contributed by atoms with E-state index >= 15 is 0 Å². The lowest BCUT2D eigenvalue weighted by Crippen LogP contribution is -2.44. The molecular formula is C21H26N4OS. The van der Waals surface area contributed by atoms with Gasteiger partial charge in [-0.25, -0.2) is 0 Å². The molecule has 0 spiro atoms. The van der Waals surface area contributed by atoms with Crippen LogP contribution in [-0.4, -0.2) is 43.7 Å². The molecule has 3 aromatic rings. The van der Waals surface area contributed by atoms with Crippen LogP contribution < -0.4 is 0 Å². The Labute approximate surface area is 164 Å². The van der Waals surface area contributed by atoms with Crippen LogP contribution in [0.25, 0.3) is 16.6 Å². The minimum absolute atomic E-state index is 0.219. The number of benzene rings is 1. The van der Waals surface area contributed by atoms with Crippen molar-refractivity contribution >= 4 is 34.2 Å². The predicted molar refractivity (Wildman–Crippen MR) is 110 cm³/mol. The minimum Gasteiger partial charge on any atom is -0.339 e. The number of likely N-dealkylation sites (tertiary alicyclic amines) is 1. The Balaban J connectivity index is 1.63. The Morgan fingerprint density at radius 1 is 1.22 bits per heavy atom. The second-order valence-electron chi connectivity index (χ2n) is 7.46. The number of thioether (sulfide) groups is 1. The number of carbonyl (C=O) groups is 1. The standard InChI is InChI=1S/C21H26N4OS/c1-4-17-7-5-6-10-24(17)19(26)13-27-21-23-22-20-15(3)12-16-9-8-14(2)11-18(16)25(20)21/h8-9,11-12,17H,4-7,10,13H2,1-3H3/t17-/m1/s1. The van der Waals surface area contributed by atoms with Gasteiger partial charge in [0.2, 0.25) is 5.91 Å². The van der Waals surface area contributed by atoms with Crippen LogP contribution in [-0.2, 0) is 4.79 Å². The van der Waals surface area contributed by atoms with Crippen LogP contribution in [0.5, 0.6) is 0 Å². The number of carbonyl (C=O) groups excluding carboxylic acids is 1. The van der Waals surface area contributed by atoms with Gasteiger partial charge in [-0.1, -0.05) is 30.8 Å². The molecule has 0 unspecified atom stereocenters. The van der Waals surface area contributed by atoms with Crippen LogP contribution in [0, 0.1) is 13.8 Å². The van der Waals surface area contributed by atoms with Crippen molar-refractivity contribution in [3.8, 4) is 0 Å². The summed E-state index contributed by atoms with van der Waals surface area (Å²) in [6.45, 7) is 7.21. The highest BCUT2D eigenvalue weighted by Gasteiger charge is 2.25. The first-order valence-corrected chi connectivity index (χ1v) is 10.7. The van der Waals surface area contributed by atoms with E-state index in [-0.39, 0.29) is 5.91 Å². The lowest BCUT2D eigenvalue weighted by atomic mass is 10.0. The molecule has 142 valence electrons. The van der Waals surface area contributed by atoms with Gasteiger partial charge in [0, 0.05) is 12.6 Å². The number of aryl methyl sites for hydroxylation is 2. The van der Waals surface area contributed by atoms with Gasteiger partial charge in [-0.15, -0.1) is 10.2 Å². The van der Waals surface area contributed by atoms with E-state index in [1.54, 1.807) is 0 Å². The maximum atomic E-state index is 12.8. The first-order chi connectivity index (χ1) is 13.1. The summed E-state index contributed by atoms with van der Waals surface area (Å²) in [4.78, 5) is 14.9. The van der Waals surface area contributed by atoms with Crippen LogP contribution in [0.3, 0.4) is 0 Å². The molecule has 1 atom stereocenters. The smallest absolute Gasteiger partial charge is 0.233 e. The Morgan fingerprint density at radius 3 is 2.89 bits per heavy atom. The Bertz CT molecular complexity index is 997. The van der Waals surface area contributed by atoms with Crippen molar-refractivity contribution in [2.24, 2.45) is 0 Å². The number of amides is 1. The van der Waals surface area contributed by atoms with Crippen molar-refractivity contribution in [1.82, 2.24) is 19.5 Å². The van der Waals surface area contributed by atoms with Gasteiger partial charge in [-0.3, -0.25) is 9.20 Å². The maximum absolute atomic E-state index is 12.8. The third kappa shape index (κ3) is 3.43. The molecule has 0 bridgehead atoms. The topological polar surface area (TPSA) is 50.5 Å². The van der Waals surface area contributed by atoms with Gasteiger partial charge in [-0.05, 0) is 68.2 Å². The second-order valence-corrected chi connectivity index (χ2v) is 8.41. The third-order valence-electron chi connectivity index (χ3n) is 5.53. The molecule has 1 fully saturated rings. The van der Waals surface area contributed by atoms with Crippen LogP contribution in [0.1, 0.15) is 43.7 Å². The van der Waals surface area contributed by atoms with Crippen LogP contribution in [0.4, 0.5) is 0 Å². The average molecular weight is 383 g/mol. The zero-order valence-corrected chi connectivity index (χ0v) is 17.1. The number of pyridine rings is 1. The highest BCUT2D eigenvalue weighted by atomic mass is 32.2. The minimum atomic E-state index is 0.219. The summed E-state index contributed by atoms with van der Waals surface area (Å²) < 4.78 is 2.10. The van der Waals surface area contributed by atoms with Gasteiger partial charge in [0.15, 0.2) is 10.8 Å². The normalized spacial score (nSPS) is 17.7. The van der Waals surface area contributed by atoms with Crippen LogP contribution >= 0.6 is 11.8 Å². The first-order valence-electron chi connectivity index (χ1n) is 9.76. The van der Waals surface area contributed by atoms with Crippen LogP contribution in [0.2, 0.25) is 0 Å². The summed E-state index contributed by atoms with van der Waals surface area (Å²) >= 11 is 1.50. The Kier molecular flexibility index (Phi) is 5.08. The summed E-state index contributed by atoms with van der Waals surface area (Å²) in [5.41, 5.74) is 4.26. The summed E-state index contributed by atoms with van der Waals surface area (Å²) in [6.07, 6.45) is 4.51. The molecule has 1 aliphatic rings. The zero-order valence-electron chi connectivity index (χ0n) is 16.2. The molecule has 3 heterocycles. The molecule has 27 heavy (non-hydrogen) atoms. The molecule has 1 aromatic carbocycles. The average Bonchev–Trinajstić information content (AvgIpc) is 3.12. The van der Waals surface area contributed by atoms with Crippen molar-refractivity contribution in [3.63, 3.8) is 0 Å². The first kappa shape index (κ1) is 18.3. The summed E-state index contributed by atoms with van der Waals surface area (Å²) in [5.74, 6) is 0.634. The third-order valence-corrected chi connectivity index (χ3v) is 6.44. The molecule has 6 heteroatoms. The van der Waals surface area contributed by atoms with Crippen molar-refractivity contribution in [2.45, 2.75) is 57.7 Å². The molecule has 1 amide bonds. The highest BCUT2D eigenvalue weighted by Crippen LogP contribution is 2.27. The van der Waals surface area contributed by atoms with Crippen molar-refractivity contribution in [3.05, 3.63) is 35.4 Å². The van der Waals surface area contributed by atoms with E-state index in [0.29, 0.717) is 11.8 Å². The number of nitrogens with zero attached hydrogens (tertiary/aromatic N) is 4. The summed E-state index contributed by atoms with van der Waals surface area (Å²) in [7, 11) is 0. The van der Waals surface area contributed by atoms with Gasteiger partial charge < -0.3 is 4.90 Å². The van der Waals surface area contributed by atoms with Gasteiger partial charge >= 0.3 is 0 Å². The van der Waals surface area contributed by atoms with Crippen LogP contribution in [0.15, 0.2) is 29.4 Å². The molecule has 0 N–H and O–H groups in total. The fraction of sp³-hybridized carbons (Fsp3) is 0.476. The summed E-state index contributed by atoms with van der Waals surface area (Å²) in [5, 5.41) is 10.7. The van der Waals surface area contributed by atoms with E-state index in [1.807, 2.05) is 0 Å². The molecule has 5 nitrogen and oxygen atoms in total. The van der Waals surface area contributed by atoms with E-state index in [2.05, 4.69) is 64.5 Å². The van der Waals surface area contributed by atoms with E-state index in [9.17, 15) is 4.79 Å². The lowest BCUT2D eigenvalue weighted by Gasteiger charge is -2.35. The fourth-order valence-corrected chi connectivity index (χ4v) is 4.90. The lowest BCUT2D eigenvalue weighted by molar-refractivity contribution is -0.132. The van der Waals surface area contributed by atoms with Gasteiger partial charge in [0.25, 0.3) is 0 Å². The highest BCUT2D eigenvalue weighted by molar-refractivity contribution is 7.99. The number of piperidine rings is 1. The maximum Gasteiger partial charge on any atom is 0.233 e. The number of hydrogen-bond donors (Lipinski definition) is 0. The van der Waals surface area contributed by atoms with E-state index in [1.165, 1.54) is 29.1 Å². The quantitative estimate of drug-likeness (QED) is 0.628. The number of rotatable bonds is 4. The second kappa shape index (κ2) is 7.50. The molecule has 2 aromatic heterocycles. The number of hydrogen-bond acceptors (Lipinski definition) is 4. The predicted octanol–water partition coefficient (Wildman–Crippen LogP) is 4.38. The molecule has 1 saturated heterocycles. The molecule has 0 aliphatic carbocycles. The number of aromatic nitrogens is 3. The Hall–Kier alpha value is -2.08. The van der Waals surface area contributed by atoms with E-state index < -0.39 is 0 Å². The van der Waals surface area contributed by atoms with Crippen molar-refractivity contribution < 1.29 is 4.79 Å². The van der Waals surface area contributed by atoms with E-state index in [0.717, 1.165) is 47.7 Å². The van der Waals surface area contributed by atoms with Gasteiger partial charge in [0.1, 0.15) is 0 Å². The monoisotopic (exact) mass is 382 g/mol. The van der Waals surface area contributed by atoms with Gasteiger partial charge in [-0.2, -0.15) is 0 Å². The van der Waals surface area contributed by atoms with Crippen molar-refractivity contribution in [2.75, 3.05) is 12.3 Å². The largest absolute Gasteiger partial charge is 0.339 e. The molecule has 4 rings (SSSR count). The van der Waals surface area contributed by atoms with E-state index in [4.69, 9.17) is 0 Å². The van der Waals surface area contributed by atoms with Crippen molar-refractivity contribution in [1.29, 1.82) is 0 Å². The number of fused-ring (bicyclic) bond motifs is 3. The molecule has 1 aliphatic heterocycles. The fourth-order valence-electron chi connectivity index (χ4n) is 4.07. The SMILES string of the molecule is CC[C@@H]1CCCCN1C(=O)CSc1nnc2c(C)cc3ccc(C)cc3n12. The Morgan fingerprint density at radius 2 is 2.07 bits per heavy atom.